The molecule has 0 saturated carbocycles. The van der Waals surface area contributed by atoms with Gasteiger partial charge < -0.3 is 44.3 Å². The molecule has 5 aromatic carbocycles. The summed E-state index contributed by atoms with van der Waals surface area (Å²) in [5, 5.41) is 21.1. The number of β-amino-alcohol motifs (C(OH)–C–C–N with tert-alkyl or cyclic N) is 1. The fraction of sp³-hybridized carbons (Fsp3) is 0.333. The molecule has 398 valence electrons. The molecule has 3 heterocycles. The van der Waals surface area contributed by atoms with Crippen LogP contribution in [0.2, 0.25) is 5.02 Å². The predicted octanol–water partition coefficient (Wildman–Crippen LogP) is 9.08. The monoisotopic (exact) mass is 1070 g/mol. The Balaban J connectivity index is 0.705. The number of esters is 1. The van der Waals surface area contributed by atoms with E-state index in [1.165, 1.54) is 23.4 Å². The van der Waals surface area contributed by atoms with Crippen LogP contribution >= 0.6 is 22.9 Å². The highest BCUT2D eigenvalue weighted by Crippen LogP contribution is 2.34. The van der Waals surface area contributed by atoms with E-state index in [0.717, 1.165) is 43.7 Å². The summed E-state index contributed by atoms with van der Waals surface area (Å²) in [6.07, 6.45) is 0.748. The van der Waals surface area contributed by atoms with E-state index < -0.39 is 29.6 Å². The second kappa shape index (κ2) is 26.1. The fourth-order valence-electron chi connectivity index (χ4n) is 8.59. The van der Waals surface area contributed by atoms with Gasteiger partial charge in [0.1, 0.15) is 55.3 Å². The Morgan fingerprint density at radius 2 is 1.57 bits per heavy atom. The van der Waals surface area contributed by atoms with Crippen molar-refractivity contribution in [3.63, 3.8) is 0 Å². The van der Waals surface area contributed by atoms with Crippen LogP contribution in [0, 0.1) is 18.2 Å². The molecule has 0 bridgehead atoms. The predicted molar refractivity (Wildman–Crippen MR) is 290 cm³/mol. The zero-order valence-electron chi connectivity index (χ0n) is 42.7. The molecule has 2 amide bonds. The number of aliphatic hydroxyl groups is 1. The smallest absolute Gasteiger partial charge is 0.320 e. The van der Waals surface area contributed by atoms with Gasteiger partial charge in [-0.3, -0.25) is 19.7 Å². The average molecular weight is 1070 g/mol. The van der Waals surface area contributed by atoms with Gasteiger partial charge in [-0.2, -0.15) is 0 Å². The first-order valence-electron chi connectivity index (χ1n) is 24.9. The van der Waals surface area contributed by atoms with Gasteiger partial charge in [-0.1, -0.05) is 87.0 Å². The Hall–Kier alpha value is -7.06. The number of rotatable bonds is 24. The lowest BCUT2D eigenvalue weighted by Gasteiger charge is -2.35. The zero-order valence-corrected chi connectivity index (χ0v) is 44.3. The number of aryl methyl sites for hydroxylation is 1. The van der Waals surface area contributed by atoms with Crippen molar-refractivity contribution < 1.29 is 47.6 Å². The molecule has 8 rings (SSSR count). The molecular formula is C57H61ClFN7O9S. The maximum atomic E-state index is 14.0. The summed E-state index contributed by atoms with van der Waals surface area (Å²) >= 11 is 8.13. The summed E-state index contributed by atoms with van der Waals surface area (Å²) in [6, 6.07) is 31.4. The lowest BCUT2D eigenvalue weighted by Crippen LogP contribution is -2.57. The van der Waals surface area contributed by atoms with Gasteiger partial charge in [-0.05, 0) is 94.8 Å². The van der Waals surface area contributed by atoms with Gasteiger partial charge in [0.15, 0.2) is 0 Å². The number of nitrogens with zero attached hydrogens (tertiary/aromatic N) is 4. The molecule has 4 N–H and O–H groups in total. The van der Waals surface area contributed by atoms with Crippen LogP contribution < -0.4 is 25.4 Å². The van der Waals surface area contributed by atoms with E-state index in [1.54, 1.807) is 35.6 Å². The summed E-state index contributed by atoms with van der Waals surface area (Å²) in [4.78, 5) is 55.9. The van der Waals surface area contributed by atoms with E-state index in [9.17, 15) is 23.9 Å². The first kappa shape index (κ1) is 55.2. The van der Waals surface area contributed by atoms with Gasteiger partial charge >= 0.3 is 5.97 Å². The van der Waals surface area contributed by atoms with E-state index in [0.29, 0.717) is 53.4 Å². The lowest BCUT2D eigenvalue weighted by atomic mass is 9.85. The molecule has 1 aliphatic rings. The molecule has 16 nitrogen and oxygen atoms in total. The van der Waals surface area contributed by atoms with Gasteiger partial charge in [-0.25, -0.2) is 19.3 Å². The minimum absolute atomic E-state index is 0.00321. The van der Waals surface area contributed by atoms with Crippen molar-refractivity contribution in [2.45, 2.75) is 65.5 Å². The minimum Gasteiger partial charge on any atom is -0.491 e. The molecule has 19 heteroatoms. The van der Waals surface area contributed by atoms with Gasteiger partial charge in [0.2, 0.25) is 11.8 Å². The van der Waals surface area contributed by atoms with Crippen molar-refractivity contribution in [3.8, 4) is 33.1 Å². The van der Waals surface area contributed by atoms with Crippen molar-refractivity contribution in [1.82, 2.24) is 30.5 Å². The zero-order chi connectivity index (χ0) is 53.6. The molecule has 76 heavy (non-hydrogen) atoms. The largest absolute Gasteiger partial charge is 0.491 e. The molecule has 0 unspecified atom stereocenters. The van der Waals surface area contributed by atoms with Crippen LogP contribution in [0.4, 0.5) is 15.9 Å². The Morgan fingerprint density at radius 1 is 0.829 bits per heavy atom. The summed E-state index contributed by atoms with van der Waals surface area (Å²) in [6.45, 7) is 9.17. The quantitative estimate of drug-likeness (QED) is 0.0331. The number of amides is 2. The summed E-state index contributed by atoms with van der Waals surface area (Å²) < 4.78 is 41.9. The van der Waals surface area contributed by atoms with Crippen LogP contribution in [-0.4, -0.2) is 114 Å². The highest BCUT2D eigenvalue weighted by Gasteiger charge is 2.44. The second-order valence-corrected chi connectivity index (χ2v) is 20.5. The second-order valence-electron chi connectivity index (χ2n) is 19.2. The Labute approximate surface area is 449 Å². The highest BCUT2D eigenvalue weighted by atomic mass is 35.5. The maximum Gasteiger partial charge on any atom is 0.320 e. The van der Waals surface area contributed by atoms with Gasteiger partial charge in [-0.15, -0.1) is 11.3 Å². The van der Waals surface area contributed by atoms with Gasteiger partial charge in [0.25, 0.3) is 0 Å². The van der Waals surface area contributed by atoms with E-state index in [4.69, 9.17) is 35.3 Å². The normalized spacial score (nSPS) is 14.9. The fourth-order valence-corrected chi connectivity index (χ4v) is 9.63. The van der Waals surface area contributed by atoms with Crippen molar-refractivity contribution in [1.29, 1.82) is 0 Å². The van der Waals surface area contributed by atoms with E-state index in [-0.39, 0.29) is 70.1 Å². The number of nitrogens with one attached hydrogen (secondary N) is 3. The van der Waals surface area contributed by atoms with Crippen molar-refractivity contribution in [2.75, 3.05) is 58.0 Å². The molecule has 1 aliphatic heterocycles. The molecular weight excluding hydrogens is 1010 g/mol. The number of aromatic nitrogens is 3. The average Bonchev–Trinajstić information content (AvgIpc) is 4.03. The summed E-state index contributed by atoms with van der Waals surface area (Å²) in [5.74, 6) is 0.125. The number of benzene rings is 5. The molecule has 0 aliphatic carbocycles. The molecule has 0 spiro atoms. The first-order valence-corrected chi connectivity index (χ1v) is 26.2. The van der Waals surface area contributed by atoms with Gasteiger partial charge in [0.05, 0.1) is 71.7 Å². The van der Waals surface area contributed by atoms with Crippen LogP contribution in [0.1, 0.15) is 44.0 Å². The molecule has 1 saturated heterocycles. The third kappa shape index (κ3) is 15.1. The molecule has 3 atom stereocenters. The number of carbonyl (C=O) groups excluding carboxylic acids is 3. The number of thiazole rings is 1. The minimum atomic E-state index is -0.865. The van der Waals surface area contributed by atoms with Crippen LogP contribution in [0.15, 0.2) is 121 Å². The highest BCUT2D eigenvalue weighted by molar-refractivity contribution is 7.13. The number of ether oxygens (including phenoxy) is 5. The third-order valence-electron chi connectivity index (χ3n) is 12.5. The van der Waals surface area contributed by atoms with Gasteiger partial charge in [0, 0.05) is 30.6 Å². The molecule has 7 aromatic rings. The van der Waals surface area contributed by atoms with Crippen LogP contribution in [-0.2, 0) is 41.7 Å². The van der Waals surface area contributed by atoms with E-state index >= 15 is 0 Å². The topological polar surface area (TPSA) is 196 Å². The number of hydrogen-bond acceptors (Lipinski definition) is 15. The lowest BCUT2D eigenvalue weighted by molar-refractivity contribution is -0.146. The number of likely N-dealkylation sites (tertiary alicyclic amines) is 1. The number of aliphatic hydroxyl groups excluding tert-OH is 1. The number of halogens is 2. The van der Waals surface area contributed by atoms with E-state index in [2.05, 4.69) is 30.9 Å². The summed E-state index contributed by atoms with van der Waals surface area (Å²) in [7, 11) is 0. The standard InChI is InChI=1S/C57H61ClFN7O9S/c1-36-52(76-35-64-36)40-10-8-37(9-11-40)30-61-55(69)49-29-44(67)32-66(49)56(70)53(57(2,3)4)60-31-51(68)74-25-23-72-21-20-71-22-24-73-45-16-12-39(13-17-45)41-14-18-48-46(27-41)54(63-34-62-48)65-43-15-19-50(47(58)28-43)75-33-38-6-5-7-42(59)26-38/h5-19,26-28,34-35,44,49,53,60,67H,20-25,29-33H2,1-4H3,(H,61,69)(H,62,63,65)/t44-,49+,53-/m1/s1. The first-order chi connectivity index (χ1) is 36.7. The number of fused-ring (bicyclic) bond motifs is 1. The van der Waals surface area contributed by atoms with Crippen molar-refractivity contribution >= 4 is 63.1 Å². The number of anilines is 2. The van der Waals surface area contributed by atoms with E-state index in [1.807, 2.05) is 106 Å². The molecule has 1 fully saturated rings. The number of carbonyl (C=O) groups is 3. The summed E-state index contributed by atoms with van der Waals surface area (Å²) in [5.41, 5.74) is 8.17. The molecule has 0 radical (unpaired) electrons. The third-order valence-corrected chi connectivity index (χ3v) is 13.8. The maximum absolute atomic E-state index is 14.0. The Bertz CT molecular complexity index is 3090. The SMILES string of the molecule is Cc1ncsc1-c1ccc(CNC(=O)[C@@H]2C[C@@H](O)CN2C(=O)[C@@H](NCC(=O)OCCOCCOCCOc2ccc(-c3ccc4ncnc(Nc5ccc(OCc6cccc(F)c6)c(Cl)c5)c4c3)cc2)C(C)(C)C)cc1. The van der Waals surface area contributed by atoms with Crippen molar-refractivity contribution in [3.05, 3.63) is 149 Å². The Kier molecular flexibility index (Phi) is 19.0. The van der Waals surface area contributed by atoms with Crippen molar-refractivity contribution in [2.24, 2.45) is 5.41 Å². The number of hydrogen-bond donors (Lipinski definition) is 4. The Morgan fingerprint density at radius 3 is 2.29 bits per heavy atom. The van der Waals surface area contributed by atoms with Crippen LogP contribution in [0.25, 0.3) is 32.5 Å². The van der Waals surface area contributed by atoms with Crippen LogP contribution in [0.3, 0.4) is 0 Å². The molecule has 2 aromatic heterocycles. The van der Waals surface area contributed by atoms with Crippen LogP contribution in [0.5, 0.6) is 11.5 Å².